The Morgan fingerprint density at radius 3 is 2.75 bits per heavy atom. The molecule has 0 saturated carbocycles. The van der Waals surface area contributed by atoms with Gasteiger partial charge in [0.25, 0.3) is 0 Å². The van der Waals surface area contributed by atoms with Crippen molar-refractivity contribution in [1.82, 2.24) is 5.32 Å². The molecule has 0 bridgehead atoms. The van der Waals surface area contributed by atoms with Crippen molar-refractivity contribution >= 4 is 12.4 Å². The van der Waals surface area contributed by atoms with Crippen molar-refractivity contribution in [1.29, 1.82) is 0 Å². The van der Waals surface area contributed by atoms with Crippen molar-refractivity contribution in [2.45, 2.75) is 25.2 Å². The molecule has 3 rings (SSSR count). The lowest BCUT2D eigenvalue weighted by atomic mass is 9.73. The summed E-state index contributed by atoms with van der Waals surface area (Å²) in [5.74, 6) is 1.12. The number of piperidine rings is 1. The van der Waals surface area contributed by atoms with Gasteiger partial charge in [0.1, 0.15) is 5.75 Å². The van der Waals surface area contributed by atoms with E-state index in [4.69, 9.17) is 4.74 Å². The maximum Gasteiger partial charge on any atom is 0.123 e. The van der Waals surface area contributed by atoms with Crippen LogP contribution in [0.4, 0.5) is 0 Å². The Hall–Kier alpha value is -0.730. The van der Waals surface area contributed by atoms with E-state index in [2.05, 4.69) is 30.4 Å². The Bertz CT molecular complexity index is 380. The second-order valence-corrected chi connectivity index (χ2v) is 4.77. The van der Waals surface area contributed by atoms with E-state index in [1.54, 1.807) is 0 Å². The van der Waals surface area contributed by atoms with Crippen LogP contribution >= 0.6 is 12.4 Å². The number of hydrogen-bond donors (Lipinski definition) is 1. The van der Waals surface area contributed by atoms with E-state index in [0.717, 1.165) is 25.4 Å². The second kappa shape index (κ2) is 4.27. The van der Waals surface area contributed by atoms with Crippen LogP contribution in [0.5, 0.6) is 5.75 Å². The van der Waals surface area contributed by atoms with Crippen molar-refractivity contribution in [2.75, 3.05) is 19.7 Å². The van der Waals surface area contributed by atoms with E-state index < -0.39 is 0 Å². The van der Waals surface area contributed by atoms with E-state index >= 15 is 0 Å². The summed E-state index contributed by atoms with van der Waals surface area (Å²) in [6, 6.07) is 6.41. The van der Waals surface area contributed by atoms with Gasteiger partial charge in [0, 0.05) is 11.0 Å². The molecule has 16 heavy (non-hydrogen) atoms. The Labute approximate surface area is 103 Å². The van der Waals surface area contributed by atoms with Gasteiger partial charge >= 0.3 is 0 Å². The van der Waals surface area contributed by atoms with Gasteiger partial charge in [0.05, 0.1) is 6.61 Å². The summed E-state index contributed by atoms with van der Waals surface area (Å²) >= 11 is 0. The van der Waals surface area contributed by atoms with Gasteiger partial charge in [-0.25, -0.2) is 0 Å². The van der Waals surface area contributed by atoms with Crippen molar-refractivity contribution in [2.24, 2.45) is 0 Å². The summed E-state index contributed by atoms with van der Waals surface area (Å²) in [5.41, 5.74) is 3.18. The van der Waals surface area contributed by atoms with Crippen molar-refractivity contribution in [3.8, 4) is 5.75 Å². The molecule has 1 spiro atoms. The number of rotatable bonds is 0. The Kier molecular flexibility index (Phi) is 3.13. The fraction of sp³-hybridized carbons (Fsp3) is 0.538. The standard InChI is InChI=1S/C13H17NO.ClH/c1-10-3-2-4-11-12(10)13(9-15-11)5-7-14-8-6-13;/h2-4,14H,5-9H2,1H3;1H. The Morgan fingerprint density at radius 2 is 2.00 bits per heavy atom. The van der Waals surface area contributed by atoms with Crippen molar-refractivity contribution in [3.05, 3.63) is 29.3 Å². The fourth-order valence-corrected chi connectivity index (χ4v) is 3.03. The lowest BCUT2D eigenvalue weighted by Crippen LogP contribution is -2.41. The average molecular weight is 240 g/mol. The highest BCUT2D eigenvalue weighted by atomic mass is 35.5. The molecular weight excluding hydrogens is 222 g/mol. The molecule has 3 heteroatoms. The van der Waals surface area contributed by atoms with Gasteiger partial charge < -0.3 is 10.1 Å². The predicted molar refractivity (Wildman–Crippen MR) is 67.7 cm³/mol. The van der Waals surface area contributed by atoms with Gasteiger partial charge in [0.15, 0.2) is 0 Å². The molecule has 0 atom stereocenters. The monoisotopic (exact) mass is 239 g/mol. The van der Waals surface area contributed by atoms with Gasteiger partial charge in [-0.1, -0.05) is 12.1 Å². The highest BCUT2D eigenvalue weighted by molar-refractivity contribution is 5.85. The molecule has 1 aromatic carbocycles. The van der Waals surface area contributed by atoms with Crippen molar-refractivity contribution in [3.63, 3.8) is 0 Å². The molecule has 0 aliphatic carbocycles. The van der Waals surface area contributed by atoms with Gasteiger partial charge in [-0.05, 0) is 44.5 Å². The third-order valence-electron chi connectivity index (χ3n) is 3.83. The zero-order chi connectivity index (χ0) is 10.3. The molecule has 2 aliphatic heterocycles. The summed E-state index contributed by atoms with van der Waals surface area (Å²) in [6.45, 7) is 5.33. The van der Waals surface area contributed by atoms with Crippen molar-refractivity contribution < 1.29 is 4.74 Å². The quantitative estimate of drug-likeness (QED) is 0.751. The minimum absolute atomic E-state index is 0. The van der Waals surface area contributed by atoms with E-state index in [1.807, 2.05) is 0 Å². The fourth-order valence-electron chi connectivity index (χ4n) is 3.03. The first-order valence-corrected chi connectivity index (χ1v) is 5.75. The number of fused-ring (bicyclic) bond motifs is 2. The molecule has 0 radical (unpaired) electrons. The van der Waals surface area contributed by atoms with E-state index in [1.165, 1.54) is 24.0 Å². The summed E-state index contributed by atoms with van der Waals surface area (Å²) in [5, 5.41) is 3.43. The number of halogens is 1. The van der Waals surface area contributed by atoms with Gasteiger partial charge in [-0.15, -0.1) is 12.4 Å². The number of benzene rings is 1. The van der Waals surface area contributed by atoms with Crippen LogP contribution in [-0.4, -0.2) is 19.7 Å². The maximum atomic E-state index is 5.84. The van der Waals surface area contributed by atoms with Crippen LogP contribution in [0.2, 0.25) is 0 Å². The highest BCUT2D eigenvalue weighted by Crippen LogP contribution is 2.45. The summed E-state index contributed by atoms with van der Waals surface area (Å²) in [7, 11) is 0. The minimum Gasteiger partial charge on any atom is -0.492 e. The summed E-state index contributed by atoms with van der Waals surface area (Å²) < 4.78 is 5.84. The molecule has 2 aliphatic rings. The molecule has 1 fully saturated rings. The van der Waals surface area contributed by atoms with Crippen LogP contribution in [0.25, 0.3) is 0 Å². The molecule has 1 aromatic rings. The Morgan fingerprint density at radius 1 is 1.25 bits per heavy atom. The van der Waals surface area contributed by atoms with E-state index in [0.29, 0.717) is 5.41 Å². The third-order valence-corrected chi connectivity index (χ3v) is 3.83. The van der Waals surface area contributed by atoms with Crippen LogP contribution in [0.15, 0.2) is 18.2 Å². The lowest BCUT2D eigenvalue weighted by molar-refractivity contribution is 0.220. The first kappa shape index (κ1) is 11.7. The molecule has 0 unspecified atom stereocenters. The molecule has 2 heterocycles. The highest BCUT2D eigenvalue weighted by Gasteiger charge is 2.42. The predicted octanol–water partition coefficient (Wildman–Crippen LogP) is 2.43. The van der Waals surface area contributed by atoms with E-state index in [-0.39, 0.29) is 12.4 Å². The third kappa shape index (κ3) is 1.61. The maximum absolute atomic E-state index is 5.84. The first-order chi connectivity index (χ1) is 7.32. The second-order valence-electron chi connectivity index (χ2n) is 4.77. The summed E-state index contributed by atoms with van der Waals surface area (Å²) in [6.07, 6.45) is 2.43. The van der Waals surface area contributed by atoms with Crippen LogP contribution in [0.3, 0.4) is 0 Å². The van der Waals surface area contributed by atoms with Gasteiger partial charge in [-0.3, -0.25) is 0 Å². The SMILES string of the molecule is Cc1cccc2c1C1(CCNCC1)CO2.Cl. The summed E-state index contributed by atoms with van der Waals surface area (Å²) in [4.78, 5) is 0. The molecule has 1 N–H and O–H groups in total. The molecule has 0 aromatic heterocycles. The topological polar surface area (TPSA) is 21.3 Å². The average Bonchev–Trinajstić information content (AvgIpc) is 2.60. The number of ether oxygens (including phenoxy) is 1. The zero-order valence-electron chi connectivity index (χ0n) is 9.58. The molecule has 2 nitrogen and oxygen atoms in total. The van der Waals surface area contributed by atoms with Crippen LogP contribution in [0, 0.1) is 6.92 Å². The van der Waals surface area contributed by atoms with Crippen LogP contribution in [-0.2, 0) is 5.41 Å². The van der Waals surface area contributed by atoms with Crippen LogP contribution < -0.4 is 10.1 Å². The lowest BCUT2D eigenvalue weighted by Gasteiger charge is -2.33. The molecule has 0 amide bonds. The molecular formula is C13H18ClNO. The first-order valence-electron chi connectivity index (χ1n) is 5.75. The van der Waals surface area contributed by atoms with Gasteiger partial charge in [0.2, 0.25) is 0 Å². The number of nitrogens with one attached hydrogen (secondary N) is 1. The van der Waals surface area contributed by atoms with Crippen LogP contribution in [0.1, 0.15) is 24.0 Å². The smallest absolute Gasteiger partial charge is 0.123 e. The number of aryl methyl sites for hydroxylation is 1. The minimum atomic E-state index is 0. The largest absolute Gasteiger partial charge is 0.492 e. The molecule has 1 saturated heterocycles. The molecule has 88 valence electrons. The van der Waals surface area contributed by atoms with Gasteiger partial charge in [-0.2, -0.15) is 0 Å². The Balaban J connectivity index is 0.000000963. The number of hydrogen-bond acceptors (Lipinski definition) is 2. The zero-order valence-corrected chi connectivity index (χ0v) is 10.4. The van der Waals surface area contributed by atoms with E-state index in [9.17, 15) is 0 Å². The normalized spacial score (nSPS) is 21.1.